The highest BCUT2D eigenvalue weighted by atomic mass is 16.2. The van der Waals surface area contributed by atoms with Gasteiger partial charge >= 0.3 is 0 Å². The Bertz CT molecular complexity index is 353. The molecule has 3 unspecified atom stereocenters. The Hall–Kier alpha value is -0.570. The maximum atomic E-state index is 12.9. The number of nitrogens with one attached hydrogen (secondary N) is 1. The molecule has 0 aromatic carbocycles. The molecule has 0 aromatic heterocycles. The molecule has 2 saturated heterocycles. The highest BCUT2D eigenvalue weighted by Crippen LogP contribution is 2.41. The zero-order valence-electron chi connectivity index (χ0n) is 12.5. The molecule has 1 N–H and O–H groups in total. The van der Waals surface area contributed by atoms with E-state index in [4.69, 9.17) is 0 Å². The standard InChI is InChI=1S/C16H28N2O/c1-16(2)9-4-3-5-14(16)15(19)18-10-8-12-6-7-13(11-18)17-12/h12-14,17H,3-11H2,1-2H3. The van der Waals surface area contributed by atoms with E-state index < -0.39 is 0 Å². The Kier molecular flexibility index (Phi) is 3.59. The second kappa shape index (κ2) is 5.08. The summed E-state index contributed by atoms with van der Waals surface area (Å²) in [5, 5.41) is 3.67. The molecule has 3 rings (SSSR count). The maximum Gasteiger partial charge on any atom is 0.226 e. The van der Waals surface area contributed by atoms with Crippen LogP contribution >= 0.6 is 0 Å². The van der Waals surface area contributed by atoms with Crippen molar-refractivity contribution in [3.63, 3.8) is 0 Å². The zero-order chi connectivity index (χ0) is 13.5. The van der Waals surface area contributed by atoms with Crippen molar-refractivity contribution >= 4 is 5.91 Å². The van der Waals surface area contributed by atoms with E-state index >= 15 is 0 Å². The quantitative estimate of drug-likeness (QED) is 0.789. The van der Waals surface area contributed by atoms with Gasteiger partial charge in [-0.1, -0.05) is 26.7 Å². The number of nitrogens with zero attached hydrogens (tertiary/aromatic N) is 1. The third-order valence-corrected chi connectivity index (χ3v) is 5.64. The van der Waals surface area contributed by atoms with Crippen molar-refractivity contribution in [3.05, 3.63) is 0 Å². The van der Waals surface area contributed by atoms with Crippen LogP contribution < -0.4 is 5.32 Å². The Morgan fingerprint density at radius 3 is 2.68 bits per heavy atom. The molecule has 108 valence electrons. The Balaban J connectivity index is 1.69. The summed E-state index contributed by atoms with van der Waals surface area (Å²) in [7, 11) is 0. The molecule has 1 aliphatic carbocycles. The van der Waals surface area contributed by atoms with Crippen molar-refractivity contribution < 1.29 is 4.79 Å². The molecule has 3 atom stereocenters. The number of rotatable bonds is 1. The third-order valence-electron chi connectivity index (χ3n) is 5.64. The molecule has 0 spiro atoms. The van der Waals surface area contributed by atoms with Crippen molar-refractivity contribution in [2.75, 3.05) is 13.1 Å². The van der Waals surface area contributed by atoms with Gasteiger partial charge in [-0.3, -0.25) is 4.79 Å². The molecule has 2 heterocycles. The molecule has 0 radical (unpaired) electrons. The zero-order valence-corrected chi connectivity index (χ0v) is 12.5. The van der Waals surface area contributed by atoms with E-state index in [2.05, 4.69) is 24.1 Å². The number of fused-ring (bicyclic) bond motifs is 2. The van der Waals surface area contributed by atoms with Gasteiger partial charge in [0.2, 0.25) is 5.91 Å². The van der Waals surface area contributed by atoms with Gasteiger partial charge in [0.1, 0.15) is 0 Å². The van der Waals surface area contributed by atoms with Crippen LogP contribution in [0.4, 0.5) is 0 Å². The third kappa shape index (κ3) is 2.67. The fraction of sp³-hybridized carbons (Fsp3) is 0.938. The summed E-state index contributed by atoms with van der Waals surface area (Å²) in [6, 6.07) is 1.23. The highest BCUT2D eigenvalue weighted by Gasteiger charge is 2.41. The number of hydrogen-bond donors (Lipinski definition) is 1. The number of likely N-dealkylation sites (tertiary alicyclic amines) is 1. The number of amides is 1. The Morgan fingerprint density at radius 1 is 1.11 bits per heavy atom. The minimum absolute atomic E-state index is 0.202. The molecular weight excluding hydrogens is 236 g/mol. The molecule has 19 heavy (non-hydrogen) atoms. The van der Waals surface area contributed by atoms with Gasteiger partial charge in [-0.15, -0.1) is 0 Å². The summed E-state index contributed by atoms with van der Waals surface area (Å²) < 4.78 is 0. The van der Waals surface area contributed by atoms with Gasteiger partial charge in [0.05, 0.1) is 0 Å². The molecule has 3 aliphatic rings. The molecule has 1 amide bonds. The average Bonchev–Trinajstić information content (AvgIpc) is 2.68. The molecule has 2 bridgehead atoms. The SMILES string of the molecule is CC1(C)CCCCC1C(=O)N1CCC2CCC(C1)N2. The summed E-state index contributed by atoms with van der Waals surface area (Å²) >= 11 is 0. The van der Waals surface area contributed by atoms with Crippen LogP contribution in [0.2, 0.25) is 0 Å². The van der Waals surface area contributed by atoms with Crippen LogP contribution in [0.1, 0.15) is 58.8 Å². The molecule has 1 saturated carbocycles. The van der Waals surface area contributed by atoms with Crippen molar-refractivity contribution in [1.82, 2.24) is 10.2 Å². The topological polar surface area (TPSA) is 32.3 Å². The van der Waals surface area contributed by atoms with Crippen molar-refractivity contribution in [1.29, 1.82) is 0 Å². The summed E-state index contributed by atoms with van der Waals surface area (Å²) in [5.41, 5.74) is 0.202. The van der Waals surface area contributed by atoms with Crippen LogP contribution in [0.3, 0.4) is 0 Å². The first kappa shape index (κ1) is 13.4. The van der Waals surface area contributed by atoms with Crippen molar-refractivity contribution in [3.8, 4) is 0 Å². The summed E-state index contributed by atoms with van der Waals surface area (Å²) in [6.07, 6.45) is 8.55. The first-order chi connectivity index (χ1) is 9.06. The molecule has 2 aliphatic heterocycles. The van der Waals surface area contributed by atoms with E-state index in [1.54, 1.807) is 0 Å². The smallest absolute Gasteiger partial charge is 0.226 e. The van der Waals surface area contributed by atoms with Gasteiger partial charge in [-0.2, -0.15) is 0 Å². The van der Waals surface area contributed by atoms with Crippen molar-refractivity contribution in [2.24, 2.45) is 11.3 Å². The molecular formula is C16H28N2O. The first-order valence-corrected chi connectivity index (χ1v) is 8.11. The van der Waals surface area contributed by atoms with Crippen molar-refractivity contribution in [2.45, 2.75) is 70.9 Å². The lowest BCUT2D eigenvalue weighted by Crippen LogP contribution is -2.46. The Morgan fingerprint density at radius 2 is 1.89 bits per heavy atom. The van der Waals surface area contributed by atoms with Gasteiger partial charge in [0, 0.05) is 31.1 Å². The number of carbonyl (C=O) groups excluding carboxylic acids is 1. The fourth-order valence-electron chi connectivity index (χ4n) is 4.32. The molecule has 3 nitrogen and oxygen atoms in total. The van der Waals surface area contributed by atoms with E-state index in [0.29, 0.717) is 18.0 Å². The van der Waals surface area contributed by atoms with Gasteiger partial charge in [-0.25, -0.2) is 0 Å². The van der Waals surface area contributed by atoms with E-state index in [-0.39, 0.29) is 11.3 Å². The van der Waals surface area contributed by atoms with Crippen LogP contribution in [0.5, 0.6) is 0 Å². The molecule has 3 heteroatoms. The highest BCUT2D eigenvalue weighted by molar-refractivity contribution is 5.79. The van der Waals surface area contributed by atoms with E-state index in [1.807, 2.05) is 0 Å². The lowest BCUT2D eigenvalue weighted by atomic mass is 9.68. The van der Waals surface area contributed by atoms with Gasteiger partial charge in [-0.05, 0) is 37.5 Å². The minimum atomic E-state index is 0.202. The van der Waals surface area contributed by atoms with Gasteiger partial charge < -0.3 is 10.2 Å². The maximum absolute atomic E-state index is 12.9. The number of hydrogen-bond acceptors (Lipinski definition) is 2. The van der Waals surface area contributed by atoms with Gasteiger partial charge in [0.15, 0.2) is 0 Å². The van der Waals surface area contributed by atoms with Crippen LogP contribution in [0, 0.1) is 11.3 Å². The van der Waals surface area contributed by atoms with Crippen LogP contribution in [0.25, 0.3) is 0 Å². The van der Waals surface area contributed by atoms with Gasteiger partial charge in [0.25, 0.3) is 0 Å². The summed E-state index contributed by atoms with van der Waals surface area (Å²) in [5.74, 6) is 0.705. The predicted molar refractivity (Wildman–Crippen MR) is 76.9 cm³/mol. The largest absolute Gasteiger partial charge is 0.341 e. The van der Waals surface area contributed by atoms with E-state index in [9.17, 15) is 4.79 Å². The van der Waals surface area contributed by atoms with E-state index in [0.717, 1.165) is 25.9 Å². The van der Waals surface area contributed by atoms with Crippen LogP contribution in [-0.4, -0.2) is 36.0 Å². The van der Waals surface area contributed by atoms with Crippen LogP contribution in [0.15, 0.2) is 0 Å². The number of carbonyl (C=O) groups is 1. The van der Waals surface area contributed by atoms with Crippen LogP contribution in [-0.2, 0) is 4.79 Å². The Labute approximate surface area is 117 Å². The predicted octanol–water partition coefficient (Wildman–Crippen LogP) is 2.56. The molecule has 0 aromatic rings. The normalized spacial score (nSPS) is 38.0. The fourth-order valence-corrected chi connectivity index (χ4v) is 4.32. The first-order valence-electron chi connectivity index (χ1n) is 8.11. The summed E-state index contributed by atoms with van der Waals surface area (Å²) in [6.45, 7) is 6.50. The summed E-state index contributed by atoms with van der Waals surface area (Å²) in [4.78, 5) is 15.1. The van der Waals surface area contributed by atoms with E-state index in [1.165, 1.54) is 32.1 Å². The lowest BCUT2D eigenvalue weighted by molar-refractivity contribution is -0.141. The average molecular weight is 264 g/mol. The second-order valence-electron chi connectivity index (χ2n) is 7.50. The lowest BCUT2D eigenvalue weighted by Gasteiger charge is -2.40. The monoisotopic (exact) mass is 264 g/mol. The minimum Gasteiger partial charge on any atom is -0.341 e. The molecule has 3 fully saturated rings. The second-order valence-corrected chi connectivity index (χ2v) is 7.50.